The van der Waals surface area contributed by atoms with Crippen LogP contribution in [0.5, 0.6) is 11.5 Å². The van der Waals surface area contributed by atoms with Gasteiger partial charge in [-0.05, 0) is 49.6 Å². The smallest absolute Gasteiger partial charge is 0.344 e. The molecule has 0 radical (unpaired) electrons. The van der Waals surface area contributed by atoms with Crippen molar-refractivity contribution in [3.8, 4) is 11.5 Å². The van der Waals surface area contributed by atoms with Crippen LogP contribution in [0.1, 0.15) is 49.5 Å². The molecule has 2 rings (SSSR count). The fourth-order valence-corrected chi connectivity index (χ4v) is 2.78. The Morgan fingerprint density at radius 3 is 2.33 bits per heavy atom. The standard InChI is InChI=1S/C23H27NO6/c1-14(2)18-8-6-7-9-19(18)24-23(27)16(4)30-22(26)13-29-20-11-10-17(15(3)25)12-21(20)28-5/h6-12,14,16H,13H2,1-5H3,(H,24,27)/t16-/m0/s1. The van der Waals surface area contributed by atoms with Gasteiger partial charge in [0, 0.05) is 11.3 Å². The number of Topliss-reactive ketones (excluding diaryl/α,β-unsaturated/α-hetero) is 1. The van der Waals surface area contributed by atoms with Crippen molar-refractivity contribution in [3.05, 3.63) is 53.6 Å². The van der Waals surface area contributed by atoms with Gasteiger partial charge in [0.25, 0.3) is 5.91 Å². The number of esters is 1. The van der Waals surface area contributed by atoms with Crippen LogP contribution in [0, 0.1) is 0 Å². The molecule has 7 heteroatoms. The molecule has 2 aromatic carbocycles. The molecule has 1 N–H and O–H groups in total. The molecule has 0 unspecified atom stereocenters. The fourth-order valence-electron chi connectivity index (χ4n) is 2.78. The number of benzene rings is 2. The van der Waals surface area contributed by atoms with Crippen molar-refractivity contribution in [3.63, 3.8) is 0 Å². The van der Waals surface area contributed by atoms with Crippen molar-refractivity contribution in [2.75, 3.05) is 19.0 Å². The fraction of sp³-hybridized carbons (Fsp3) is 0.348. The van der Waals surface area contributed by atoms with Gasteiger partial charge >= 0.3 is 5.97 Å². The number of methoxy groups -OCH3 is 1. The average molecular weight is 413 g/mol. The van der Waals surface area contributed by atoms with Crippen LogP contribution in [-0.2, 0) is 14.3 Å². The lowest BCUT2D eigenvalue weighted by molar-refractivity contribution is -0.155. The maximum atomic E-state index is 12.4. The highest BCUT2D eigenvalue weighted by Crippen LogP contribution is 2.28. The number of ether oxygens (including phenoxy) is 3. The van der Waals surface area contributed by atoms with Crippen LogP contribution >= 0.6 is 0 Å². The Labute approximate surface area is 176 Å². The van der Waals surface area contributed by atoms with Gasteiger partial charge in [-0.2, -0.15) is 0 Å². The van der Waals surface area contributed by atoms with E-state index >= 15 is 0 Å². The number of carbonyl (C=O) groups excluding carboxylic acids is 3. The molecule has 0 aromatic heterocycles. The predicted molar refractivity (Wildman–Crippen MR) is 113 cm³/mol. The molecule has 30 heavy (non-hydrogen) atoms. The van der Waals surface area contributed by atoms with Gasteiger partial charge in [0.2, 0.25) is 0 Å². The Balaban J connectivity index is 1.93. The molecule has 160 valence electrons. The van der Waals surface area contributed by atoms with Crippen molar-refractivity contribution in [2.45, 2.75) is 39.7 Å². The second-order valence-corrected chi connectivity index (χ2v) is 7.07. The van der Waals surface area contributed by atoms with Crippen LogP contribution in [0.4, 0.5) is 5.69 Å². The molecule has 0 aliphatic heterocycles. The predicted octanol–water partition coefficient (Wildman–Crippen LogP) is 3.97. The second-order valence-electron chi connectivity index (χ2n) is 7.07. The van der Waals surface area contributed by atoms with E-state index in [9.17, 15) is 14.4 Å². The summed E-state index contributed by atoms with van der Waals surface area (Å²) in [5, 5.41) is 2.80. The maximum Gasteiger partial charge on any atom is 0.344 e. The van der Waals surface area contributed by atoms with Gasteiger partial charge < -0.3 is 19.5 Å². The molecule has 0 spiro atoms. The summed E-state index contributed by atoms with van der Waals surface area (Å²) in [6.45, 7) is 6.59. The van der Waals surface area contributed by atoms with Crippen molar-refractivity contribution in [2.24, 2.45) is 0 Å². The number of rotatable bonds is 9. The lowest BCUT2D eigenvalue weighted by atomic mass is 10.0. The molecule has 7 nitrogen and oxygen atoms in total. The van der Waals surface area contributed by atoms with E-state index in [2.05, 4.69) is 5.32 Å². The number of hydrogen-bond donors (Lipinski definition) is 1. The average Bonchev–Trinajstić information content (AvgIpc) is 2.72. The molecular weight excluding hydrogens is 386 g/mol. The van der Waals surface area contributed by atoms with E-state index in [4.69, 9.17) is 14.2 Å². The summed E-state index contributed by atoms with van der Waals surface area (Å²) >= 11 is 0. The SMILES string of the molecule is COc1cc(C(C)=O)ccc1OCC(=O)O[C@@H](C)C(=O)Nc1ccccc1C(C)C. The first-order valence-corrected chi connectivity index (χ1v) is 9.64. The van der Waals surface area contributed by atoms with E-state index in [1.807, 2.05) is 38.1 Å². The molecule has 0 bridgehead atoms. The highest BCUT2D eigenvalue weighted by atomic mass is 16.6. The van der Waals surface area contributed by atoms with Crippen molar-refractivity contribution < 1.29 is 28.6 Å². The molecule has 0 heterocycles. The molecule has 0 aliphatic carbocycles. The third-order valence-electron chi connectivity index (χ3n) is 4.43. The molecule has 1 amide bonds. The maximum absolute atomic E-state index is 12.4. The van der Waals surface area contributed by atoms with E-state index in [1.54, 1.807) is 12.1 Å². The summed E-state index contributed by atoms with van der Waals surface area (Å²) in [6, 6.07) is 12.1. The van der Waals surface area contributed by atoms with Crippen molar-refractivity contribution in [1.29, 1.82) is 0 Å². The topological polar surface area (TPSA) is 90.9 Å². The summed E-state index contributed by atoms with van der Waals surface area (Å²) in [6.07, 6.45) is -0.997. The highest BCUT2D eigenvalue weighted by Gasteiger charge is 2.20. The lowest BCUT2D eigenvalue weighted by Gasteiger charge is -2.17. The monoisotopic (exact) mass is 413 g/mol. The van der Waals surface area contributed by atoms with Crippen LogP contribution < -0.4 is 14.8 Å². The van der Waals surface area contributed by atoms with Crippen LogP contribution in [0.2, 0.25) is 0 Å². The Morgan fingerprint density at radius 1 is 1.00 bits per heavy atom. The van der Waals surface area contributed by atoms with Gasteiger partial charge in [-0.15, -0.1) is 0 Å². The summed E-state index contributed by atoms with van der Waals surface area (Å²) in [5.74, 6) is -0.392. The molecule has 0 fully saturated rings. The Morgan fingerprint density at radius 2 is 1.70 bits per heavy atom. The molecule has 1 atom stereocenters. The van der Waals surface area contributed by atoms with E-state index in [1.165, 1.54) is 27.0 Å². The number of hydrogen-bond acceptors (Lipinski definition) is 6. The summed E-state index contributed by atoms with van der Waals surface area (Å²) in [7, 11) is 1.44. The van der Waals surface area contributed by atoms with Crippen molar-refractivity contribution in [1.82, 2.24) is 0 Å². The Bertz CT molecular complexity index is 922. The minimum absolute atomic E-state index is 0.113. The number of ketones is 1. The van der Waals surface area contributed by atoms with Gasteiger partial charge in [0.1, 0.15) is 0 Å². The van der Waals surface area contributed by atoms with Crippen LogP contribution in [-0.4, -0.2) is 37.5 Å². The van der Waals surface area contributed by atoms with E-state index < -0.39 is 24.6 Å². The Hall–Kier alpha value is -3.35. The third-order valence-corrected chi connectivity index (χ3v) is 4.43. The molecular formula is C23H27NO6. The third kappa shape index (κ3) is 6.07. The van der Waals surface area contributed by atoms with E-state index in [-0.39, 0.29) is 11.7 Å². The van der Waals surface area contributed by atoms with Crippen LogP contribution in [0.3, 0.4) is 0 Å². The number of anilines is 1. The second kappa shape index (κ2) is 10.4. The molecule has 0 saturated carbocycles. The van der Waals surface area contributed by atoms with Gasteiger partial charge in [0.05, 0.1) is 7.11 Å². The van der Waals surface area contributed by atoms with E-state index in [0.717, 1.165) is 5.56 Å². The zero-order valence-corrected chi connectivity index (χ0v) is 17.9. The molecule has 0 saturated heterocycles. The van der Waals surface area contributed by atoms with Gasteiger partial charge in [-0.1, -0.05) is 32.0 Å². The van der Waals surface area contributed by atoms with Gasteiger partial charge in [0.15, 0.2) is 30.0 Å². The van der Waals surface area contributed by atoms with Gasteiger partial charge in [-0.25, -0.2) is 4.79 Å². The Kier molecular flexibility index (Phi) is 7.98. The molecule has 0 aliphatic rings. The zero-order valence-electron chi connectivity index (χ0n) is 17.9. The minimum Gasteiger partial charge on any atom is -0.493 e. The summed E-state index contributed by atoms with van der Waals surface area (Å²) in [5.41, 5.74) is 2.15. The highest BCUT2D eigenvalue weighted by molar-refractivity contribution is 5.96. The first-order valence-electron chi connectivity index (χ1n) is 9.64. The normalized spacial score (nSPS) is 11.5. The molecule has 2 aromatic rings. The number of nitrogens with one attached hydrogen (secondary N) is 1. The zero-order chi connectivity index (χ0) is 22.3. The largest absolute Gasteiger partial charge is 0.493 e. The van der Waals surface area contributed by atoms with Gasteiger partial charge in [-0.3, -0.25) is 9.59 Å². The summed E-state index contributed by atoms with van der Waals surface area (Å²) < 4.78 is 15.8. The van der Waals surface area contributed by atoms with E-state index in [0.29, 0.717) is 22.7 Å². The lowest BCUT2D eigenvalue weighted by Crippen LogP contribution is -2.32. The quantitative estimate of drug-likeness (QED) is 0.494. The minimum atomic E-state index is -0.997. The van der Waals surface area contributed by atoms with Crippen LogP contribution in [0.15, 0.2) is 42.5 Å². The first-order chi connectivity index (χ1) is 14.2. The number of amides is 1. The number of para-hydroxylation sites is 1. The van der Waals surface area contributed by atoms with Crippen LogP contribution in [0.25, 0.3) is 0 Å². The van der Waals surface area contributed by atoms with Crippen molar-refractivity contribution >= 4 is 23.3 Å². The summed E-state index contributed by atoms with van der Waals surface area (Å²) in [4.78, 5) is 36.0. The number of carbonyl (C=O) groups is 3. The first kappa shape index (κ1) is 22.9.